The molecule has 1 aliphatic heterocycles. The molecule has 5 nitrogen and oxygen atoms in total. The first-order valence-electron chi connectivity index (χ1n) is 7.70. The van der Waals surface area contributed by atoms with Crippen LogP contribution in [0, 0.1) is 0 Å². The average Bonchev–Trinajstić information content (AvgIpc) is 2.61. The van der Waals surface area contributed by atoms with Gasteiger partial charge in [-0.05, 0) is 42.0 Å². The van der Waals surface area contributed by atoms with Crippen molar-refractivity contribution in [1.29, 1.82) is 0 Å². The summed E-state index contributed by atoms with van der Waals surface area (Å²) in [4.78, 5) is 1.97. The predicted octanol–water partition coefficient (Wildman–Crippen LogP) is 3.30. The number of benzene rings is 2. The molecule has 0 bridgehead atoms. The highest BCUT2D eigenvalue weighted by atomic mass is 32.1. The van der Waals surface area contributed by atoms with Gasteiger partial charge in [-0.25, -0.2) is 0 Å². The van der Waals surface area contributed by atoms with E-state index in [4.69, 9.17) is 26.4 Å². The van der Waals surface area contributed by atoms with Crippen molar-refractivity contribution < 1.29 is 14.2 Å². The van der Waals surface area contributed by atoms with E-state index in [0.29, 0.717) is 24.9 Å². The summed E-state index contributed by atoms with van der Waals surface area (Å²) < 4.78 is 16.4. The van der Waals surface area contributed by atoms with Crippen LogP contribution in [0.15, 0.2) is 42.5 Å². The van der Waals surface area contributed by atoms with Gasteiger partial charge in [-0.2, -0.15) is 0 Å². The van der Waals surface area contributed by atoms with E-state index in [1.54, 1.807) is 7.11 Å². The van der Waals surface area contributed by atoms with E-state index in [2.05, 4.69) is 5.32 Å². The van der Waals surface area contributed by atoms with Gasteiger partial charge >= 0.3 is 0 Å². The van der Waals surface area contributed by atoms with Gasteiger partial charge in [-0.15, -0.1) is 0 Å². The smallest absolute Gasteiger partial charge is 0.173 e. The van der Waals surface area contributed by atoms with Gasteiger partial charge in [0.2, 0.25) is 0 Å². The van der Waals surface area contributed by atoms with Crippen LogP contribution in [0.2, 0.25) is 0 Å². The van der Waals surface area contributed by atoms with Gasteiger partial charge < -0.3 is 24.4 Å². The molecule has 2 aromatic carbocycles. The van der Waals surface area contributed by atoms with Crippen LogP contribution < -0.4 is 19.5 Å². The molecule has 1 N–H and O–H groups in total. The molecule has 126 valence electrons. The van der Waals surface area contributed by atoms with Crippen LogP contribution in [0.5, 0.6) is 17.2 Å². The molecule has 1 heterocycles. The summed E-state index contributed by atoms with van der Waals surface area (Å²) >= 11 is 5.48. The van der Waals surface area contributed by atoms with Crippen molar-refractivity contribution in [1.82, 2.24) is 4.90 Å². The first-order valence-corrected chi connectivity index (χ1v) is 8.11. The number of thiocarbonyl (C=S) groups is 1. The topological polar surface area (TPSA) is 43.0 Å². The minimum absolute atomic E-state index is 0.585. The Morgan fingerprint density at radius 2 is 1.96 bits per heavy atom. The monoisotopic (exact) mass is 344 g/mol. The second-order valence-electron chi connectivity index (χ2n) is 5.50. The van der Waals surface area contributed by atoms with Crippen molar-refractivity contribution in [3.63, 3.8) is 0 Å². The summed E-state index contributed by atoms with van der Waals surface area (Å²) in [5.74, 6) is 2.38. The molecule has 2 aromatic rings. The van der Waals surface area contributed by atoms with Crippen LogP contribution in [-0.4, -0.2) is 37.4 Å². The van der Waals surface area contributed by atoms with Gasteiger partial charge in [-0.1, -0.05) is 12.1 Å². The van der Waals surface area contributed by atoms with Gasteiger partial charge in [0.15, 0.2) is 16.6 Å². The Morgan fingerprint density at radius 1 is 1.17 bits per heavy atom. The fourth-order valence-electron chi connectivity index (χ4n) is 2.45. The lowest BCUT2D eigenvalue weighted by Gasteiger charge is -2.23. The Bertz CT molecular complexity index is 736. The van der Waals surface area contributed by atoms with Crippen molar-refractivity contribution in [2.45, 2.75) is 6.54 Å². The molecule has 0 aliphatic carbocycles. The minimum atomic E-state index is 0.585. The van der Waals surface area contributed by atoms with Gasteiger partial charge in [0, 0.05) is 25.3 Å². The quantitative estimate of drug-likeness (QED) is 0.859. The van der Waals surface area contributed by atoms with Crippen LogP contribution in [-0.2, 0) is 6.54 Å². The Hall–Kier alpha value is -2.47. The average molecular weight is 344 g/mol. The zero-order chi connectivity index (χ0) is 16.9. The van der Waals surface area contributed by atoms with E-state index < -0.39 is 0 Å². The fraction of sp³-hybridized carbons (Fsp3) is 0.278. The maximum Gasteiger partial charge on any atom is 0.173 e. The largest absolute Gasteiger partial charge is 0.497 e. The molecule has 0 fully saturated rings. The standard InChI is InChI=1S/C18H20N2O3S/c1-20(18(24)19-14-4-3-5-15(11-14)21-2)12-13-6-7-16-17(10-13)23-9-8-22-16/h3-7,10-11H,8-9,12H2,1-2H3,(H,19,24). The molecule has 0 aromatic heterocycles. The summed E-state index contributed by atoms with van der Waals surface area (Å²) in [6, 6.07) is 13.6. The number of ether oxygens (including phenoxy) is 3. The van der Waals surface area contributed by atoms with Crippen LogP contribution in [0.1, 0.15) is 5.56 Å². The lowest BCUT2D eigenvalue weighted by molar-refractivity contribution is 0.171. The molecule has 1 aliphatic rings. The highest BCUT2D eigenvalue weighted by Gasteiger charge is 2.13. The molecule has 0 saturated heterocycles. The lowest BCUT2D eigenvalue weighted by atomic mass is 10.2. The first kappa shape index (κ1) is 16.4. The number of nitrogens with zero attached hydrogens (tertiary/aromatic N) is 1. The number of hydrogen-bond acceptors (Lipinski definition) is 4. The maximum absolute atomic E-state index is 5.62. The SMILES string of the molecule is COc1cccc(NC(=S)N(C)Cc2ccc3c(c2)OCCO3)c1. The Morgan fingerprint density at radius 3 is 2.75 bits per heavy atom. The molecule has 0 saturated carbocycles. The third-order valence-electron chi connectivity index (χ3n) is 3.69. The lowest BCUT2D eigenvalue weighted by Crippen LogP contribution is -2.30. The van der Waals surface area contributed by atoms with Gasteiger partial charge in [0.05, 0.1) is 7.11 Å². The molecule has 0 amide bonds. The fourth-order valence-corrected chi connectivity index (χ4v) is 2.63. The molecule has 6 heteroatoms. The third-order valence-corrected chi connectivity index (χ3v) is 4.11. The predicted molar refractivity (Wildman–Crippen MR) is 98.1 cm³/mol. The van der Waals surface area contributed by atoms with Crippen LogP contribution in [0.3, 0.4) is 0 Å². The Labute approximate surface area is 147 Å². The molecule has 0 atom stereocenters. The number of anilines is 1. The molecular formula is C18H20N2O3S. The van der Waals surface area contributed by atoms with Crippen molar-refractivity contribution >= 4 is 23.0 Å². The highest BCUT2D eigenvalue weighted by Crippen LogP contribution is 2.31. The summed E-state index contributed by atoms with van der Waals surface area (Å²) in [7, 11) is 3.59. The summed E-state index contributed by atoms with van der Waals surface area (Å²) in [6.07, 6.45) is 0. The summed E-state index contributed by atoms with van der Waals surface area (Å²) in [5, 5.41) is 3.86. The summed E-state index contributed by atoms with van der Waals surface area (Å²) in [6.45, 7) is 1.86. The molecule has 3 rings (SSSR count). The molecule has 0 spiro atoms. The minimum Gasteiger partial charge on any atom is -0.497 e. The number of hydrogen-bond donors (Lipinski definition) is 1. The van der Waals surface area contributed by atoms with Crippen molar-refractivity contribution in [2.75, 3.05) is 32.7 Å². The molecule has 24 heavy (non-hydrogen) atoms. The zero-order valence-corrected chi connectivity index (χ0v) is 14.6. The highest BCUT2D eigenvalue weighted by molar-refractivity contribution is 7.80. The van der Waals surface area contributed by atoms with Crippen LogP contribution in [0.4, 0.5) is 5.69 Å². The van der Waals surface area contributed by atoms with E-state index in [0.717, 1.165) is 28.5 Å². The van der Waals surface area contributed by atoms with E-state index in [-0.39, 0.29) is 0 Å². The third kappa shape index (κ3) is 3.89. The van der Waals surface area contributed by atoms with Crippen LogP contribution in [0.25, 0.3) is 0 Å². The normalized spacial score (nSPS) is 12.4. The second-order valence-corrected chi connectivity index (χ2v) is 5.88. The van der Waals surface area contributed by atoms with E-state index >= 15 is 0 Å². The zero-order valence-electron chi connectivity index (χ0n) is 13.7. The maximum atomic E-state index is 5.62. The summed E-state index contributed by atoms with van der Waals surface area (Å²) in [5.41, 5.74) is 2.00. The first-order chi connectivity index (χ1) is 11.7. The van der Waals surface area contributed by atoms with E-state index in [1.807, 2.05) is 54.4 Å². The second kappa shape index (κ2) is 7.40. The number of nitrogens with one attached hydrogen (secondary N) is 1. The number of rotatable bonds is 4. The number of methoxy groups -OCH3 is 1. The van der Waals surface area contributed by atoms with Crippen molar-refractivity contribution in [2.24, 2.45) is 0 Å². The van der Waals surface area contributed by atoms with Gasteiger partial charge in [0.1, 0.15) is 19.0 Å². The van der Waals surface area contributed by atoms with Crippen LogP contribution >= 0.6 is 12.2 Å². The van der Waals surface area contributed by atoms with Crippen molar-refractivity contribution in [3.8, 4) is 17.2 Å². The van der Waals surface area contributed by atoms with Gasteiger partial charge in [-0.3, -0.25) is 0 Å². The molecule has 0 radical (unpaired) electrons. The number of fused-ring (bicyclic) bond motifs is 1. The Balaban J connectivity index is 1.63. The Kier molecular flexibility index (Phi) is 5.05. The van der Waals surface area contributed by atoms with Crippen molar-refractivity contribution in [3.05, 3.63) is 48.0 Å². The molecular weight excluding hydrogens is 324 g/mol. The van der Waals surface area contributed by atoms with E-state index in [9.17, 15) is 0 Å². The van der Waals surface area contributed by atoms with Gasteiger partial charge in [0.25, 0.3) is 0 Å². The van der Waals surface area contributed by atoms with E-state index in [1.165, 1.54) is 0 Å². The molecule has 0 unspecified atom stereocenters.